The summed E-state index contributed by atoms with van der Waals surface area (Å²) in [6.45, 7) is 6.86. The fourth-order valence-corrected chi connectivity index (χ4v) is 4.30. The Labute approximate surface area is 217 Å². The first-order valence-corrected chi connectivity index (χ1v) is 12.2. The van der Waals surface area contributed by atoms with E-state index in [1.807, 2.05) is 0 Å². The summed E-state index contributed by atoms with van der Waals surface area (Å²) in [4.78, 5) is 49.7. The highest BCUT2D eigenvalue weighted by Gasteiger charge is 2.28. The van der Waals surface area contributed by atoms with Gasteiger partial charge in [-0.05, 0) is 69.7 Å². The fourth-order valence-electron chi connectivity index (χ4n) is 3.21. The topological polar surface area (TPSA) is 130 Å². The van der Waals surface area contributed by atoms with E-state index in [-0.39, 0.29) is 34.4 Å². The van der Waals surface area contributed by atoms with Crippen LogP contribution in [0.4, 0.5) is 5.00 Å². The molecule has 0 aliphatic carbocycles. The first-order valence-electron chi connectivity index (χ1n) is 11.4. The minimum Gasteiger partial charge on any atom is -0.486 e. The zero-order valence-corrected chi connectivity index (χ0v) is 21.9. The smallest absolute Gasteiger partial charge is 0.348 e. The molecule has 0 aliphatic rings. The number of benzene rings is 1. The average Bonchev–Trinajstić information content (AvgIpc) is 3.47. The van der Waals surface area contributed by atoms with Crippen LogP contribution in [-0.4, -0.2) is 43.6 Å². The normalized spacial score (nSPS) is 10.6. The molecule has 0 aliphatic heterocycles. The van der Waals surface area contributed by atoms with Crippen LogP contribution in [0, 0.1) is 6.92 Å². The van der Waals surface area contributed by atoms with E-state index in [9.17, 15) is 19.2 Å². The fraction of sp³-hybridized carbons (Fsp3) is 0.308. The summed E-state index contributed by atoms with van der Waals surface area (Å²) in [5, 5.41) is 2.79. The Balaban J connectivity index is 1.73. The molecule has 37 heavy (non-hydrogen) atoms. The number of carbonyl (C=O) groups is 4. The van der Waals surface area contributed by atoms with Crippen LogP contribution in [0.15, 0.2) is 40.8 Å². The van der Waals surface area contributed by atoms with Gasteiger partial charge in [-0.1, -0.05) is 0 Å². The van der Waals surface area contributed by atoms with E-state index in [2.05, 4.69) is 10.1 Å². The second kappa shape index (κ2) is 12.2. The van der Waals surface area contributed by atoms with Crippen LogP contribution in [-0.2, 0) is 20.8 Å². The Morgan fingerprint density at radius 3 is 2.32 bits per heavy atom. The summed E-state index contributed by atoms with van der Waals surface area (Å²) in [6.07, 6.45) is -0.398. The van der Waals surface area contributed by atoms with Crippen LogP contribution in [0.3, 0.4) is 0 Å². The molecule has 2 aromatic heterocycles. The number of amides is 1. The predicted molar refractivity (Wildman–Crippen MR) is 134 cm³/mol. The van der Waals surface area contributed by atoms with Crippen LogP contribution in [0.25, 0.3) is 0 Å². The van der Waals surface area contributed by atoms with E-state index >= 15 is 0 Å². The van der Waals surface area contributed by atoms with E-state index in [1.165, 1.54) is 13.2 Å². The molecule has 1 amide bonds. The Morgan fingerprint density at radius 1 is 1.00 bits per heavy atom. The van der Waals surface area contributed by atoms with Crippen LogP contribution >= 0.6 is 11.3 Å². The van der Waals surface area contributed by atoms with Crippen LogP contribution in [0.1, 0.15) is 73.0 Å². The second-order valence-electron chi connectivity index (χ2n) is 7.96. The average molecular weight is 530 g/mol. The number of hydrogen-bond donors (Lipinski definition) is 1. The van der Waals surface area contributed by atoms with E-state index < -0.39 is 29.9 Å². The number of nitrogens with one attached hydrogen (secondary N) is 1. The van der Waals surface area contributed by atoms with Crippen molar-refractivity contribution in [3.8, 4) is 5.75 Å². The first kappa shape index (κ1) is 27.5. The number of thiophene rings is 1. The van der Waals surface area contributed by atoms with Gasteiger partial charge in [0.05, 0.1) is 30.9 Å². The third kappa shape index (κ3) is 6.76. The van der Waals surface area contributed by atoms with Gasteiger partial charge in [0, 0.05) is 0 Å². The lowest BCUT2D eigenvalue weighted by molar-refractivity contribution is 0.0378. The number of ether oxygens (including phenoxy) is 4. The van der Waals surface area contributed by atoms with Gasteiger partial charge in [-0.3, -0.25) is 4.79 Å². The lowest BCUT2D eigenvalue weighted by atomic mass is 10.1. The zero-order valence-electron chi connectivity index (χ0n) is 21.0. The molecule has 1 N–H and O–H groups in total. The van der Waals surface area contributed by atoms with Crippen molar-refractivity contribution in [2.24, 2.45) is 0 Å². The van der Waals surface area contributed by atoms with Gasteiger partial charge in [-0.15, -0.1) is 11.3 Å². The van der Waals surface area contributed by atoms with Crippen molar-refractivity contribution >= 4 is 40.2 Å². The van der Waals surface area contributed by atoms with Gasteiger partial charge in [0.25, 0.3) is 5.91 Å². The highest BCUT2D eigenvalue weighted by molar-refractivity contribution is 7.18. The molecule has 10 nitrogen and oxygen atoms in total. The molecular formula is C26H27NO9S. The van der Waals surface area contributed by atoms with Gasteiger partial charge in [0.15, 0.2) is 5.76 Å². The molecule has 0 atom stereocenters. The van der Waals surface area contributed by atoms with Gasteiger partial charge < -0.3 is 28.7 Å². The van der Waals surface area contributed by atoms with Crippen molar-refractivity contribution in [1.29, 1.82) is 0 Å². The molecular weight excluding hydrogens is 502 g/mol. The molecule has 0 bridgehead atoms. The van der Waals surface area contributed by atoms with Crippen molar-refractivity contribution < 1.29 is 42.5 Å². The maximum Gasteiger partial charge on any atom is 0.348 e. The molecule has 0 saturated carbocycles. The van der Waals surface area contributed by atoms with Crippen molar-refractivity contribution in [1.82, 2.24) is 0 Å². The van der Waals surface area contributed by atoms with Crippen molar-refractivity contribution in [2.75, 3.05) is 19.0 Å². The monoisotopic (exact) mass is 529 g/mol. The summed E-state index contributed by atoms with van der Waals surface area (Å²) in [5.74, 6) is -1.50. The van der Waals surface area contributed by atoms with Crippen LogP contribution in [0.2, 0.25) is 0 Å². The first-order chi connectivity index (χ1) is 17.6. The van der Waals surface area contributed by atoms with Gasteiger partial charge >= 0.3 is 17.9 Å². The maximum atomic E-state index is 12.9. The summed E-state index contributed by atoms with van der Waals surface area (Å²) in [5.41, 5.74) is 0.829. The number of esters is 3. The minimum absolute atomic E-state index is 0.0217. The van der Waals surface area contributed by atoms with Crippen LogP contribution in [0.5, 0.6) is 5.75 Å². The van der Waals surface area contributed by atoms with E-state index in [1.54, 1.807) is 58.0 Å². The number of furan rings is 1. The van der Waals surface area contributed by atoms with Crippen molar-refractivity contribution in [2.45, 2.75) is 40.4 Å². The zero-order chi connectivity index (χ0) is 27.1. The third-order valence-electron chi connectivity index (χ3n) is 4.92. The quantitative estimate of drug-likeness (QED) is 0.284. The molecule has 0 unspecified atom stereocenters. The molecule has 3 rings (SSSR count). The Kier molecular flexibility index (Phi) is 9.07. The molecule has 2 heterocycles. The summed E-state index contributed by atoms with van der Waals surface area (Å²) in [7, 11) is 1.30. The Morgan fingerprint density at radius 2 is 1.70 bits per heavy atom. The van der Waals surface area contributed by atoms with Gasteiger partial charge in [-0.2, -0.15) is 0 Å². The standard InChI is InChI=1S/C26H27NO9S/c1-6-33-26(31)21-15(4)20(25(30)35-14(2)3)23(37-21)27-22(28)19-12-11-18(36-19)13-34-17-9-7-16(8-10-17)24(29)32-5/h7-12,14H,6,13H2,1-5H3,(H,27,28). The summed E-state index contributed by atoms with van der Waals surface area (Å²) in [6, 6.07) is 9.40. The summed E-state index contributed by atoms with van der Waals surface area (Å²) >= 11 is 0.925. The van der Waals surface area contributed by atoms with E-state index in [0.29, 0.717) is 22.6 Å². The van der Waals surface area contributed by atoms with E-state index in [4.69, 9.17) is 18.6 Å². The Bertz CT molecular complexity index is 1290. The van der Waals surface area contributed by atoms with Gasteiger partial charge in [0.1, 0.15) is 28.0 Å². The SMILES string of the molecule is CCOC(=O)c1sc(NC(=O)c2ccc(COc3ccc(C(=O)OC)cc3)o2)c(C(=O)OC(C)C)c1C. The molecule has 1 aromatic carbocycles. The molecule has 0 spiro atoms. The summed E-state index contributed by atoms with van der Waals surface area (Å²) < 4.78 is 26.3. The van der Waals surface area contributed by atoms with Gasteiger partial charge in [0.2, 0.25) is 0 Å². The number of carbonyl (C=O) groups excluding carboxylic acids is 4. The molecule has 196 valence electrons. The molecule has 0 saturated heterocycles. The molecule has 0 fully saturated rings. The number of rotatable bonds is 10. The minimum atomic E-state index is -0.665. The largest absolute Gasteiger partial charge is 0.486 e. The Hall–Kier alpha value is -4.12. The van der Waals surface area contributed by atoms with Crippen molar-refractivity contribution in [3.05, 3.63) is 69.5 Å². The number of anilines is 1. The highest BCUT2D eigenvalue weighted by Crippen LogP contribution is 2.35. The lowest BCUT2D eigenvalue weighted by Crippen LogP contribution is -2.16. The predicted octanol–water partition coefficient (Wildman–Crippen LogP) is 5.01. The highest BCUT2D eigenvalue weighted by atomic mass is 32.1. The van der Waals surface area contributed by atoms with E-state index in [0.717, 1.165) is 11.3 Å². The molecule has 11 heteroatoms. The lowest BCUT2D eigenvalue weighted by Gasteiger charge is -2.10. The molecule has 3 aromatic rings. The third-order valence-corrected chi connectivity index (χ3v) is 6.11. The van der Waals surface area contributed by atoms with Crippen LogP contribution < -0.4 is 10.1 Å². The maximum absolute atomic E-state index is 12.9. The van der Waals surface area contributed by atoms with Gasteiger partial charge in [-0.25, -0.2) is 14.4 Å². The number of methoxy groups -OCH3 is 1. The van der Waals surface area contributed by atoms with Crippen molar-refractivity contribution in [3.63, 3.8) is 0 Å². The molecule has 0 radical (unpaired) electrons. The number of hydrogen-bond acceptors (Lipinski definition) is 10. The second-order valence-corrected chi connectivity index (χ2v) is 8.98.